The first-order valence-electron chi connectivity index (χ1n) is 2.27. The van der Waals surface area contributed by atoms with E-state index < -0.39 is 0 Å². The minimum Gasteiger partial charge on any atom is -0.487 e. The molecule has 5 heteroatoms. The van der Waals surface area contributed by atoms with Crippen molar-refractivity contribution in [3.63, 3.8) is 0 Å². The van der Waals surface area contributed by atoms with Crippen LogP contribution in [0.5, 0.6) is 0 Å². The van der Waals surface area contributed by atoms with Gasteiger partial charge in [0.15, 0.2) is 4.67 Å². The normalized spacial score (nSPS) is 12.3. The molecule has 0 amide bonds. The van der Waals surface area contributed by atoms with Crippen LogP contribution in [0.4, 0.5) is 0 Å². The Morgan fingerprint density at radius 3 is 2.56 bits per heavy atom. The van der Waals surface area contributed by atoms with Gasteiger partial charge in [0, 0.05) is 5.82 Å². The Morgan fingerprint density at radius 1 is 1.67 bits per heavy atom. The fraction of sp³-hybridized carbons (Fsp3) is 0.500. The molecule has 0 bridgehead atoms. The van der Waals surface area contributed by atoms with Crippen molar-refractivity contribution in [2.24, 2.45) is 0 Å². The Balaban J connectivity index is 3.55. The van der Waals surface area contributed by atoms with Crippen LogP contribution in [0.2, 0.25) is 0 Å². The number of halogens is 3. The molecule has 0 aromatic heterocycles. The van der Waals surface area contributed by atoms with E-state index >= 15 is 0 Å². The summed E-state index contributed by atoms with van der Waals surface area (Å²) in [5.74, 6) is 1.93. The fourth-order valence-corrected chi connectivity index (χ4v) is 4.09. The maximum Gasteiger partial charge on any atom is 0.164 e. The van der Waals surface area contributed by atoms with E-state index in [0.717, 1.165) is 4.67 Å². The molecule has 1 nitrogen and oxygen atoms in total. The van der Waals surface area contributed by atoms with Crippen molar-refractivity contribution >= 4 is 52.2 Å². The van der Waals surface area contributed by atoms with E-state index in [2.05, 4.69) is 46.9 Å². The van der Waals surface area contributed by atoms with Crippen molar-refractivity contribution in [2.45, 2.75) is 6.92 Å². The van der Waals surface area contributed by atoms with Gasteiger partial charge in [-0.15, -0.1) is 0 Å². The second-order valence-corrected chi connectivity index (χ2v) is 10.1. The van der Waals surface area contributed by atoms with E-state index in [-0.39, 0.29) is 5.33 Å². The molecule has 0 spiro atoms. The summed E-state index contributed by atoms with van der Waals surface area (Å²) in [6, 6.07) is 0. The molecular weight excluding hydrogens is 335 g/mol. The van der Waals surface area contributed by atoms with Crippen molar-refractivity contribution < 1.29 is 4.74 Å². The minimum absolute atomic E-state index is 0.360. The van der Waals surface area contributed by atoms with Gasteiger partial charge in [0.05, 0.1) is 11.9 Å². The summed E-state index contributed by atoms with van der Waals surface area (Å²) in [5.41, 5.74) is 0. The Hall–Kier alpha value is 1.41. The van der Waals surface area contributed by atoms with Gasteiger partial charge in [-0.05, 0) is 53.8 Å². The van der Waals surface area contributed by atoms with Gasteiger partial charge in [0.25, 0.3) is 0 Å². The van der Waals surface area contributed by atoms with Crippen LogP contribution >= 0.6 is 52.2 Å². The zero-order valence-corrected chi connectivity index (χ0v) is 10.4. The van der Waals surface area contributed by atoms with Crippen LogP contribution in [-0.2, 0) is 4.74 Å². The molecule has 0 radical (unpaired) electrons. The van der Waals surface area contributed by atoms with Crippen LogP contribution in [0.3, 0.4) is 0 Å². The van der Waals surface area contributed by atoms with Crippen molar-refractivity contribution in [3.8, 4) is 0 Å². The standard InChI is InChI=1S/C4H6Br3OP/c1-2-8-4(5)3-9(6)7/h3H,2H2,1H3/b4-3-. The molecule has 0 saturated carbocycles. The van der Waals surface area contributed by atoms with E-state index in [0.29, 0.717) is 6.61 Å². The number of rotatable bonds is 3. The second kappa shape index (κ2) is 6.14. The van der Waals surface area contributed by atoms with Crippen molar-refractivity contribution in [1.29, 1.82) is 0 Å². The van der Waals surface area contributed by atoms with Gasteiger partial charge in [-0.2, -0.15) is 0 Å². The molecule has 0 aromatic rings. The molecule has 0 unspecified atom stereocenters. The summed E-state index contributed by atoms with van der Waals surface area (Å²) in [4.78, 5) is 0. The lowest BCUT2D eigenvalue weighted by Gasteiger charge is -1.99. The summed E-state index contributed by atoms with van der Waals surface area (Å²) >= 11 is 9.91. The Morgan fingerprint density at radius 2 is 2.22 bits per heavy atom. The monoisotopic (exact) mass is 338 g/mol. The molecule has 0 atom stereocenters. The molecule has 9 heavy (non-hydrogen) atoms. The average molecular weight is 341 g/mol. The summed E-state index contributed by atoms with van der Waals surface area (Å²) in [6.07, 6.45) is 0. The highest BCUT2D eigenvalue weighted by Gasteiger charge is 1.94. The lowest BCUT2D eigenvalue weighted by Crippen LogP contribution is -1.80. The Labute approximate surface area is 80.6 Å². The molecule has 0 aliphatic carbocycles. The third-order valence-electron chi connectivity index (χ3n) is 0.481. The molecule has 0 aromatic carbocycles. The van der Waals surface area contributed by atoms with Gasteiger partial charge in [-0.1, -0.05) is 0 Å². The quantitative estimate of drug-likeness (QED) is 0.549. The lowest BCUT2D eigenvalue weighted by atomic mass is 10.9. The SMILES string of the molecule is CCO/C(Br)=C\P(Br)Br. The molecular formula is C4H6Br3OP. The third kappa shape index (κ3) is 7.31. The molecule has 0 fully saturated rings. The molecule has 0 N–H and O–H groups in total. The van der Waals surface area contributed by atoms with Crippen molar-refractivity contribution in [1.82, 2.24) is 0 Å². The zero-order chi connectivity index (χ0) is 7.28. The van der Waals surface area contributed by atoms with Crippen molar-refractivity contribution in [2.75, 3.05) is 6.61 Å². The zero-order valence-electron chi connectivity index (χ0n) is 4.77. The van der Waals surface area contributed by atoms with Gasteiger partial charge in [-0.25, -0.2) is 0 Å². The van der Waals surface area contributed by atoms with Gasteiger partial charge in [-0.3, -0.25) is 0 Å². The lowest BCUT2D eigenvalue weighted by molar-refractivity contribution is 0.261. The number of ether oxygens (including phenoxy) is 1. The molecule has 0 heterocycles. The van der Waals surface area contributed by atoms with E-state index in [1.54, 1.807) is 0 Å². The average Bonchev–Trinajstić information content (AvgIpc) is 1.63. The fourth-order valence-electron chi connectivity index (χ4n) is 0.252. The van der Waals surface area contributed by atoms with Gasteiger partial charge >= 0.3 is 0 Å². The Kier molecular flexibility index (Phi) is 7.10. The summed E-state index contributed by atoms with van der Waals surface area (Å²) in [7, 11) is 0. The summed E-state index contributed by atoms with van der Waals surface area (Å²) < 4.78 is 5.87. The van der Waals surface area contributed by atoms with Crippen LogP contribution in [0, 0.1) is 0 Å². The predicted molar refractivity (Wildman–Crippen MR) is 53.4 cm³/mol. The van der Waals surface area contributed by atoms with Crippen LogP contribution < -0.4 is 0 Å². The minimum atomic E-state index is -0.360. The second-order valence-electron chi connectivity index (χ2n) is 1.13. The van der Waals surface area contributed by atoms with Crippen LogP contribution in [0.15, 0.2) is 10.5 Å². The van der Waals surface area contributed by atoms with Gasteiger partial charge in [0.2, 0.25) is 0 Å². The van der Waals surface area contributed by atoms with Crippen LogP contribution in [0.1, 0.15) is 6.92 Å². The maximum absolute atomic E-state index is 5.09. The smallest absolute Gasteiger partial charge is 0.164 e. The third-order valence-corrected chi connectivity index (χ3v) is 2.95. The van der Waals surface area contributed by atoms with Crippen molar-refractivity contribution in [3.05, 3.63) is 10.5 Å². The van der Waals surface area contributed by atoms with E-state index in [1.807, 2.05) is 12.7 Å². The highest BCUT2D eigenvalue weighted by molar-refractivity contribution is 9.69. The molecule has 0 saturated heterocycles. The maximum atomic E-state index is 5.09. The van der Waals surface area contributed by atoms with Gasteiger partial charge in [0.1, 0.15) is 0 Å². The summed E-state index contributed by atoms with van der Waals surface area (Å²) in [6.45, 7) is 2.64. The first-order valence-corrected chi connectivity index (χ1v) is 8.52. The Bertz CT molecular complexity index is 104. The number of hydrogen-bond donors (Lipinski definition) is 0. The van der Waals surface area contributed by atoms with Crippen LogP contribution in [0.25, 0.3) is 0 Å². The highest BCUT2D eigenvalue weighted by atomic mass is 79.9. The summed E-state index contributed by atoms with van der Waals surface area (Å²) in [5, 5.41) is -0.360. The van der Waals surface area contributed by atoms with E-state index in [9.17, 15) is 0 Å². The number of hydrogen-bond acceptors (Lipinski definition) is 1. The molecule has 0 aliphatic heterocycles. The van der Waals surface area contributed by atoms with Crippen LogP contribution in [-0.4, -0.2) is 6.61 Å². The first kappa shape index (κ1) is 10.4. The van der Waals surface area contributed by atoms with Gasteiger partial charge < -0.3 is 4.74 Å². The topological polar surface area (TPSA) is 9.23 Å². The predicted octanol–water partition coefficient (Wildman–Crippen LogP) is 4.32. The molecule has 0 aliphatic rings. The van der Waals surface area contributed by atoms with E-state index in [4.69, 9.17) is 4.74 Å². The highest BCUT2D eigenvalue weighted by Crippen LogP contribution is 2.54. The molecule has 54 valence electrons. The molecule has 0 rings (SSSR count). The van der Waals surface area contributed by atoms with E-state index in [1.165, 1.54) is 0 Å². The first-order chi connectivity index (χ1) is 4.16. The largest absolute Gasteiger partial charge is 0.487 e.